The molecule has 2 heteroatoms. The molecule has 49 heavy (non-hydrogen) atoms. The van der Waals surface area contributed by atoms with Gasteiger partial charge in [-0.25, -0.2) is 0 Å². The Hall–Kier alpha value is -5.28. The minimum absolute atomic E-state index is 1.04. The Balaban J connectivity index is 0.810. The molecule has 228 valence electrons. The number of rotatable bonds is 4. The van der Waals surface area contributed by atoms with Gasteiger partial charge in [-0.2, -0.15) is 0 Å². The third-order valence-electron chi connectivity index (χ3n) is 13.1. The zero-order valence-corrected chi connectivity index (χ0v) is 27.1. The van der Waals surface area contributed by atoms with Crippen LogP contribution in [0.2, 0.25) is 0 Å². The topological polar surface area (TPSA) is 6.48 Å². The van der Waals surface area contributed by atoms with Gasteiger partial charge in [0, 0.05) is 39.3 Å². The molecule has 0 atom stereocenters. The van der Waals surface area contributed by atoms with Crippen molar-refractivity contribution in [3.05, 3.63) is 119 Å². The summed E-state index contributed by atoms with van der Waals surface area (Å²) in [6, 6.07) is 38.2. The van der Waals surface area contributed by atoms with Crippen LogP contribution in [0.3, 0.4) is 0 Å². The summed E-state index contributed by atoms with van der Waals surface area (Å²) in [7, 11) is 0. The molecule has 0 bridgehead atoms. The third kappa shape index (κ3) is 2.81. The first-order valence-corrected chi connectivity index (χ1v) is 18.1. The molecule has 2 nitrogen and oxygen atoms in total. The van der Waals surface area contributed by atoms with E-state index in [0.717, 1.165) is 39.3 Å². The van der Waals surface area contributed by atoms with Gasteiger partial charge in [0.2, 0.25) is 0 Å². The van der Waals surface area contributed by atoms with E-state index < -0.39 is 0 Å². The maximum atomic E-state index is 2.71. The molecule has 2 heterocycles. The SMILES string of the molecule is c1cc2ccc3cc4c5c(cc6ccc1c1c2c3c5c61)CN(CCCN1Cc2cc3ccc5ccc6ccc7cc(c2c2c3c5c6c72)C1)C4. The molecule has 0 amide bonds. The van der Waals surface area contributed by atoms with E-state index in [0.29, 0.717) is 0 Å². The maximum absolute atomic E-state index is 2.71. The zero-order chi connectivity index (χ0) is 31.3. The number of hydrogen-bond donors (Lipinski definition) is 0. The second kappa shape index (κ2) is 8.12. The van der Waals surface area contributed by atoms with Crippen molar-refractivity contribution in [2.45, 2.75) is 32.6 Å². The van der Waals surface area contributed by atoms with E-state index in [4.69, 9.17) is 0 Å². The van der Waals surface area contributed by atoms with Gasteiger partial charge in [0.15, 0.2) is 0 Å². The molecule has 0 N–H and O–H groups in total. The number of hydrogen-bond acceptors (Lipinski definition) is 2. The average Bonchev–Trinajstić information content (AvgIpc) is 3.69. The Labute approximate surface area is 281 Å². The average molecular weight is 623 g/mol. The summed E-state index contributed by atoms with van der Waals surface area (Å²) in [6.07, 6.45) is 1.18. The number of nitrogens with zero attached hydrogens (tertiary/aromatic N) is 2. The molecule has 12 aromatic rings. The molecule has 0 fully saturated rings. The summed E-state index contributed by atoms with van der Waals surface area (Å²) in [5.41, 5.74) is 6.06. The van der Waals surface area contributed by atoms with Crippen molar-refractivity contribution >= 4 is 108 Å². The molecule has 0 saturated carbocycles. The lowest BCUT2D eigenvalue weighted by atomic mass is 9.89. The van der Waals surface area contributed by atoms with Crippen molar-refractivity contribution in [2.75, 3.05) is 13.1 Å². The van der Waals surface area contributed by atoms with E-state index in [1.165, 1.54) is 126 Å². The quantitative estimate of drug-likeness (QED) is 0.180. The standard InChI is InChI=1S/C47H30N2/c1(14-48-20-32-16-28-10-6-24-2-3-25-7-11-29-17-33(21-48)36(32)46-42(28)38(24)39(25)43(29)46)15-49-22-34-18-30-12-8-26-4-5-27-9-13-31-19-35(23-49)37(34)47-44(30)40(26)41(27)45(31)47/h2-13,16-19H,1,14-15,20-23H2. The van der Waals surface area contributed by atoms with Gasteiger partial charge in [0.25, 0.3) is 0 Å². The van der Waals surface area contributed by atoms with E-state index >= 15 is 0 Å². The molecule has 0 saturated heterocycles. The van der Waals surface area contributed by atoms with E-state index in [2.05, 4.69) is 107 Å². The van der Waals surface area contributed by atoms with Gasteiger partial charge >= 0.3 is 0 Å². The second-order valence-corrected chi connectivity index (χ2v) is 15.6. The van der Waals surface area contributed by atoms with E-state index in [1.807, 2.05) is 0 Å². The highest BCUT2D eigenvalue weighted by Crippen LogP contribution is 2.52. The highest BCUT2D eigenvalue weighted by atomic mass is 15.2. The number of benzene rings is 10. The second-order valence-electron chi connectivity index (χ2n) is 15.6. The van der Waals surface area contributed by atoms with Crippen LogP contribution in [0.15, 0.2) is 97.1 Å². The fraction of sp³-hybridized carbons (Fsp3) is 0.149. The van der Waals surface area contributed by atoms with Gasteiger partial charge < -0.3 is 0 Å². The van der Waals surface area contributed by atoms with Crippen molar-refractivity contribution in [2.24, 2.45) is 0 Å². The fourth-order valence-corrected chi connectivity index (χ4v) is 11.3. The highest BCUT2D eigenvalue weighted by molar-refractivity contribution is 6.46. The van der Waals surface area contributed by atoms with Crippen LogP contribution in [-0.2, 0) is 26.2 Å². The Morgan fingerprint density at radius 3 is 0.816 bits per heavy atom. The summed E-state index contributed by atoms with van der Waals surface area (Å²) in [5, 5.41) is 29.2. The molecule has 12 aromatic carbocycles. The molecule has 2 aliphatic heterocycles. The predicted molar refractivity (Wildman–Crippen MR) is 208 cm³/mol. The van der Waals surface area contributed by atoms with E-state index in [1.54, 1.807) is 10.8 Å². The Kier molecular flexibility index (Phi) is 4.11. The first-order chi connectivity index (χ1) is 24.2. The van der Waals surface area contributed by atoms with Crippen LogP contribution < -0.4 is 0 Å². The molecular formula is C47H30N2. The molecule has 0 radical (unpaired) electrons. The summed E-state index contributed by atoms with van der Waals surface area (Å²) in [4.78, 5) is 5.43. The molecule has 0 aliphatic carbocycles. The summed E-state index contributed by atoms with van der Waals surface area (Å²) in [5.74, 6) is 0. The molecule has 0 aromatic heterocycles. The van der Waals surface area contributed by atoms with Crippen LogP contribution in [-0.4, -0.2) is 22.9 Å². The first kappa shape index (κ1) is 24.8. The normalized spacial score (nSPS) is 16.3. The third-order valence-corrected chi connectivity index (χ3v) is 13.1. The Morgan fingerprint density at radius 2 is 0.531 bits per heavy atom. The van der Waals surface area contributed by atoms with Crippen LogP contribution >= 0.6 is 0 Å². The Morgan fingerprint density at radius 1 is 0.286 bits per heavy atom. The molecule has 0 unspecified atom stereocenters. The molecule has 2 aliphatic rings. The van der Waals surface area contributed by atoms with Crippen molar-refractivity contribution in [3.63, 3.8) is 0 Å². The van der Waals surface area contributed by atoms with Crippen LogP contribution in [0.1, 0.15) is 28.7 Å². The lowest BCUT2D eigenvalue weighted by Gasteiger charge is -2.32. The van der Waals surface area contributed by atoms with Crippen LogP contribution in [0.4, 0.5) is 0 Å². The Bertz CT molecular complexity index is 2880. The van der Waals surface area contributed by atoms with Gasteiger partial charge in [-0.05, 0) is 161 Å². The van der Waals surface area contributed by atoms with Crippen molar-refractivity contribution in [1.82, 2.24) is 9.80 Å². The van der Waals surface area contributed by atoms with Crippen molar-refractivity contribution in [3.8, 4) is 0 Å². The molecular weight excluding hydrogens is 593 g/mol. The fourth-order valence-electron chi connectivity index (χ4n) is 11.3. The van der Waals surface area contributed by atoms with E-state index in [-0.39, 0.29) is 0 Å². The monoisotopic (exact) mass is 622 g/mol. The van der Waals surface area contributed by atoms with Gasteiger partial charge in [-0.15, -0.1) is 0 Å². The van der Waals surface area contributed by atoms with Gasteiger partial charge in [-0.1, -0.05) is 72.8 Å². The van der Waals surface area contributed by atoms with Crippen LogP contribution in [0, 0.1) is 0 Å². The largest absolute Gasteiger partial charge is 0.295 e. The van der Waals surface area contributed by atoms with Gasteiger partial charge in [0.1, 0.15) is 0 Å². The van der Waals surface area contributed by atoms with Gasteiger partial charge in [0.05, 0.1) is 0 Å². The van der Waals surface area contributed by atoms with Crippen molar-refractivity contribution < 1.29 is 0 Å². The van der Waals surface area contributed by atoms with Crippen LogP contribution in [0.25, 0.3) is 108 Å². The molecule has 0 spiro atoms. The molecule has 14 rings (SSSR count). The summed E-state index contributed by atoms with van der Waals surface area (Å²) >= 11 is 0. The van der Waals surface area contributed by atoms with Crippen LogP contribution in [0.5, 0.6) is 0 Å². The smallest absolute Gasteiger partial charge is 0.0243 e. The maximum Gasteiger partial charge on any atom is 0.0243 e. The van der Waals surface area contributed by atoms with E-state index in [9.17, 15) is 0 Å². The van der Waals surface area contributed by atoms with Crippen molar-refractivity contribution in [1.29, 1.82) is 0 Å². The highest BCUT2D eigenvalue weighted by Gasteiger charge is 2.29. The zero-order valence-electron chi connectivity index (χ0n) is 27.1. The summed E-state index contributed by atoms with van der Waals surface area (Å²) in [6.45, 7) is 6.40. The van der Waals surface area contributed by atoms with Gasteiger partial charge in [-0.3, -0.25) is 9.80 Å². The lowest BCUT2D eigenvalue weighted by Crippen LogP contribution is -2.32. The summed E-state index contributed by atoms with van der Waals surface area (Å²) < 4.78 is 0. The minimum Gasteiger partial charge on any atom is -0.295 e. The lowest BCUT2D eigenvalue weighted by molar-refractivity contribution is 0.204. The predicted octanol–water partition coefficient (Wildman–Crippen LogP) is 11.6. The minimum atomic E-state index is 1.04. The first-order valence-electron chi connectivity index (χ1n) is 18.1.